The van der Waals surface area contributed by atoms with E-state index in [1.54, 1.807) is 29.1 Å². The molecule has 0 heterocycles. The summed E-state index contributed by atoms with van der Waals surface area (Å²) in [7, 11) is 0. The van der Waals surface area contributed by atoms with Gasteiger partial charge in [-0.2, -0.15) is 8.38 Å². The smallest absolute Gasteiger partial charge is 0.241 e. The van der Waals surface area contributed by atoms with Crippen molar-refractivity contribution in [1.29, 1.82) is 5.26 Å². The molecule has 0 spiro atoms. The van der Waals surface area contributed by atoms with E-state index in [4.69, 9.17) is 5.26 Å². The fraction of sp³-hybridized carbons (Fsp3) is 0.333. The lowest BCUT2D eigenvalue weighted by molar-refractivity contribution is -0.121. The summed E-state index contributed by atoms with van der Waals surface area (Å²) in [5.74, 6) is -0.247. The van der Waals surface area contributed by atoms with Crippen LogP contribution in [0.4, 0.5) is 0 Å². The van der Waals surface area contributed by atoms with Gasteiger partial charge >= 0.3 is 0 Å². The van der Waals surface area contributed by atoms with Crippen LogP contribution in [0.3, 0.4) is 0 Å². The van der Waals surface area contributed by atoms with Crippen LogP contribution in [-0.2, 0) is 4.79 Å². The topological polar surface area (TPSA) is 44.1 Å². The summed E-state index contributed by atoms with van der Waals surface area (Å²) in [6, 6.07) is 0. The van der Waals surface area contributed by atoms with Crippen LogP contribution in [0, 0.1) is 11.5 Å². The molecule has 0 unspecified atom stereocenters. The first-order chi connectivity index (χ1) is 3.18. The first-order valence-electron chi connectivity index (χ1n) is 1.54. The molecule has 4 heteroatoms. The van der Waals surface area contributed by atoms with Crippen molar-refractivity contribution in [2.45, 2.75) is 6.92 Å². The van der Waals surface area contributed by atoms with E-state index in [2.05, 4.69) is 0 Å². The summed E-state index contributed by atoms with van der Waals surface area (Å²) in [6.45, 7) is 1.33. The molecule has 0 N–H and O–H groups in total. The molecule has 0 atom stereocenters. The molecule has 0 saturated heterocycles. The minimum atomic E-state index is -0.247. The summed E-state index contributed by atoms with van der Waals surface area (Å²) in [4.78, 5) is 10.1. The molecule has 0 radical (unpaired) electrons. The fourth-order valence-electron chi connectivity index (χ4n) is 0.0704. The number of carbonyl (C=O) groups is 1. The number of carbonyl (C=O) groups excluding carboxylic acids is 1. The van der Waals surface area contributed by atoms with Gasteiger partial charge in [0.25, 0.3) is 0 Å². The number of halogens is 1. The highest BCUT2D eigenvalue weighted by Gasteiger charge is 1.97. The molecule has 0 aromatic carbocycles. The van der Waals surface area contributed by atoms with E-state index in [0.29, 0.717) is 0 Å². The number of hydrogen-bond acceptors (Lipinski definition) is 2. The van der Waals surface area contributed by atoms with Gasteiger partial charge in [-0.1, -0.05) is 0 Å². The lowest BCUT2D eigenvalue weighted by atomic mass is 10.7. The highest BCUT2D eigenvalue weighted by Crippen LogP contribution is 1.93. The number of amides is 1. The number of nitriles is 1. The van der Waals surface area contributed by atoms with Gasteiger partial charge in [0, 0.05) is 6.92 Å². The van der Waals surface area contributed by atoms with Crippen LogP contribution in [-0.4, -0.2) is 9.02 Å². The number of rotatable bonds is 0. The Bertz CT molecular complexity index is 117. The van der Waals surface area contributed by atoms with Gasteiger partial charge in [-0.25, -0.2) is 0 Å². The first-order valence-corrected chi connectivity index (χ1v) is 2.51. The summed E-state index contributed by atoms with van der Waals surface area (Å²) >= 11 is 1.62. The molecular formula is C3H3IN2O. The first kappa shape index (κ1) is 6.69. The van der Waals surface area contributed by atoms with E-state index in [9.17, 15) is 4.79 Å². The molecule has 7 heavy (non-hydrogen) atoms. The SMILES string of the molecule is CC(=O)N(I)C#N. The van der Waals surface area contributed by atoms with Gasteiger partial charge in [-0.3, -0.25) is 4.79 Å². The Morgan fingerprint density at radius 3 is 2.43 bits per heavy atom. The van der Waals surface area contributed by atoms with Gasteiger partial charge in [-0.05, 0) is 0 Å². The van der Waals surface area contributed by atoms with Crippen molar-refractivity contribution >= 4 is 28.8 Å². The predicted octanol–water partition coefficient (Wildman–Crippen LogP) is 0.666. The summed E-state index contributed by atoms with van der Waals surface area (Å²) in [5, 5.41) is 7.95. The summed E-state index contributed by atoms with van der Waals surface area (Å²) in [6.07, 6.45) is 1.63. The van der Waals surface area contributed by atoms with Crippen molar-refractivity contribution in [3.05, 3.63) is 0 Å². The van der Waals surface area contributed by atoms with Crippen molar-refractivity contribution in [2.75, 3.05) is 0 Å². The van der Waals surface area contributed by atoms with E-state index >= 15 is 0 Å². The zero-order valence-corrected chi connectivity index (χ0v) is 5.84. The van der Waals surface area contributed by atoms with Crippen LogP contribution in [0.2, 0.25) is 0 Å². The Kier molecular flexibility index (Phi) is 2.67. The summed E-state index contributed by atoms with van der Waals surface area (Å²) < 4.78 is 0.928. The highest BCUT2D eigenvalue weighted by atomic mass is 127. The molecule has 3 nitrogen and oxygen atoms in total. The second-order valence-electron chi connectivity index (χ2n) is 0.900. The molecule has 0 aliphatic rings. The Balaban J connectivity index is 3.63. The molecule has 0 fully saturated rings. The Morgan fingerprint density at radius 1 is 2.00 bits per heavy atom. The predicted molar refractivity (Wildman–Crippen MR) is 32.2 cm³/mol. The summed E-state index contributed by atoms with van der Waals surface area (Å²) in [5.41, 5.74) is 0. The van der Waals surface area contributed by atoms with Gasteiger partial charge in [-0.15, -0.1) is 0 Å². The minimum Gasteiger partial charge on any atom is -0.273 e. The lowest BCUT2D eigenvalue weighted by Gasteiger charge is -1.93. The van der Waals surface area contributed by atoms with Crippen LogP contribution in [0.5, 0.6) is 0 Å². The molecule has 0 aliphatic carbocycles. The maximum absolute atomic E-state index is 10.1. The normalized spacial score (nSPS) is 7.00. The van der Waals surface area contributed by atoms with Gasteiger partial charge in [0.05, 0.1) is 22.9 Å². The van der Waals surface area contributed by atoms with Gasteiger partial charge < -0.3 is 0 Å². The van der Waals surface area contributed by atoms with Crippen molar-refractivity contribution < 1.29 is 4.79 Å². The number of hydrogen-bond donors (Lipinski definition) is 0. The standard InChI is InChI=1S/C3H3IN2O/c1-3(7)6(4)2-5/h1H3. The van der Waals surface area contributed by atoms with Crippen LogP contribution in [0.25, 0.3) is 0 Å². The van der Waals surface area contributed by atoms with Gasteiger partial charge in [0.2, 0.25) is 5.91 Å². The van der Waals surface area contributed by atoms with E-state index in [-0.39, 0.29) is 5.91 Å². The molecule has 1 amide bonds. The molecular weight excluding hydrogens is 207 g/mol. The fourth-order valence-corrected chi connectivity index (χ4v) is 0.0704. The number of nitrogens with zero attached hydrogens (tertiary/aromatic N) is 2. The quantitative estimate of drug-likeness (QED) is 0.255. The zero-order chi connectivity index (χ0) is 5.86. The van der Waals surface area contributed by atoms with E-state index in [0.717, 1.165) is 3.11 Å². The lowest BCUT2D eigenvalue weighted by Crippen LogP contribution is -2.08. The highest BCUT2D eigenvalue weighted by molar-refractivity contribution is 14.1. The third-order valence-corrected chi connectivity index (χ3v) is 1.26. The Hall–Kier alpha value is -0.310. The maximum atomic E-state index is 10.1. The molecule has 0 aromatic rings. The van der Waals surface area contributed by atoms with E-state index < -0.39 is 0 Å². The monoisotopic (exact) mass is 210 g/mol. The van der Waals surface area contributed by atoms with Crippen LogP contribution in [0.1, 0.15) is 6.92 Å². The molecule has 0 bridgehead atoms. The van der Waals surface area contributed by atoms with Crippen molar-refractivity contribution in [1.82, 2.24) is 3.11 Å². The van der Waals surface area contributed by atoms with Crippen LogP contribution < -0.4 is 0 Å². The van der Waals surface area contributed by atoms with E-state index in [1.165, 1.54) is 6.92 Å². The Labute approximate surface area is 55.4 Å². The third kappa shape index (κ3) is 2.39. The average molecular weight is 210 g/mol. The Morgan fingerprint density at radius 2 is 2.43 bits per heavy atom. The average Bonchev–Trinajstić information content (AvgIpc) is 1.65. The second-order valence-corrected chi connectivity index (χ2v) is 1.86. The molecule has 0 saturated carbocycles. The molecule has 0 aliphatic heterocycles. The molecule has 38 valence electrons. The largest absolute Gasteiger partial charge is 0.273 e. The second kappa shape index (κ2) is 2.80. The molecule has 0 rings (SSSR count). The van der Waals surface area contributed by atoms with Crippen LogP contribution >= 0.6 is 22.9 Å². The molecule has 0 aromatic heterocycles. The van der Waals surface area contributed by atoms with E-state index in [1.807, 2.05) is 0 Å². The zero-order valence-electron chi connectivity index (χ0n) is 3.68. The van der Waals surface area contributed by atoms with Crippen molar-refractivity contribution in [3.8, 4) is 6.19 Å². The van der Waals surface area contributed by atoms with Gasteiger partial charge in [0.1, 0.15) is 0 Å². The van der Waals surface area contributed by atoms with Crippen LogP contribution in [0.15, 0.2) is 0 Å². The maximum Gasteiger partial charge on any atom is 0.241 e. The van der Waals surface area contributed by atoms with Gasteiger partial charge in [0.15, 0.2) is 6.19 Å². The van der Waals surface area contributed by atoms with Crippen molar-refractivity contribution in [3.63, 3.8) is 0 Å². The minimum absolute atomic E-state index is 0.247. The van der Waals surface area contributed by atoms with Crippen molar-refractivity contribution in [2.24, 2.45) is 0 Å². The third-order valence-electron chi connectivity index (χ3n) is 0.364.